The molecule has 3 aromatic heterocycles. The standard InChI is InChI=1S/C30H26F4N4O4/c1-41-26-16-38(15-24(26)31)29(40)18-4-8-25(36-14-18)19-10-20-11-22(42-28(20)23(12-19)30(32,33)34)7-6-21(39)5-2-17-3-9-27(35)37-13-17/h2-5,8-14,24,26H,6-7,15-16H2,1H3,(H2,35,37)/b5-2+/t24-,26-/m1/s1. The number of benzene rings is 1. The number of aromatic nitrogens is 2. The summed E-state index contributed by atoms with van der Waals surface area (Å²) in [5.41, 5.74) is 5.45. The van der Waals surface area contributed by atoms with Gasteiger partial charge in [-0.25, -0.2) is 9.37 Å². The van der Waals surface area contributed by atoms with Crippen LogP contribution in [0.3, 0.4) is 0 Å². The number of nitrogens with two attached hydrogens (primary N) is 1. The van der Waals surface area contributed by atoms with E-state index in [4.69, 9.17) is 14.9 Å². The van der Waals surface area contributed by atoms with Crippen molar-refractivity contribution < 1.29 is 36.3 Å². The molecule has 0 unspecified atom stereocenters. The van der Waals surface area contributed by atoms with Crippen molar-refractivity contribution in [2.45, 2.75) is 31.3 Å². The minimum Gasteiger partial charge on any atom is -0.460 e. The first kappa shape index (κ1) is 28.9. The number of hydrogen-bond acceptors (Lipinski definition) is 7. The SMILES string of the molecule is CO[C@@H]1CN(C(=O)c2ccc(-c3cc(C(F)(F)F)c4oc(CCC(=O)/C=C/c5ccc(N)nc5)cc4c3)nc2)C[C@H]1F. The number of amides is 1. The van der Waals surface area contributed by atoms with E-state index in [9.17, 15) is 27.2 Å². The number of pyridine rings is 2. The van der Waals surface area contributed by atoms with E-state index in [1.54, 1.807) is 18.2 Å². The third-order valence-electron chi connectivity index (χ3n) is 6.96. The van der Waals surface area contributed by atoms with Gasteiger partial charge in [-0.3, -0.25) is 14.6 Å². The Labute approximate surface area is 237 Å². The van der Waals surface area contributed by atoms with Gasteiger partial charge < -0.3 is 19.8 Å². The van der Waals surface area contributed by atoms with E-state index in [2.05, 4.69) is 9.97 Å². The van der Waals surface area contributed by atoms with Crippen LogP contribution < -0.4 is 5.73 Å². The van der Waals surface area contributed by atoms with Gasteiger partial charge in [0.05, 0.1) is 29.9 Å². The van der Waals surface area contributed by atoms with E-state index >= 15 is 0 Å². The summed E-state index contributed by atoms with van der Waals surface area (Å²) in [6, 6.07) is 10.1. The fraction of sp³-hybridized carbons (Fsp3) is 0.267. The highest BCUT2D eigenvalue weighted by molar-refractivity contribution is 5.95. The van der Waals surface area contributed by atoms with Gasteiger partial charge in [0, 0.05) is 43.3 Å². The van der Waals surface area contributed by atoms with Crippen molar-refractivity contribution in [1.29, 1.82) is 0 Å². The molecule has 4 heterocycles. The van der Waals surface area contributed by atoms with Crippen molar-refractivity contribution in [3.8, 4) is 11.3 Å². The van der Waals surface area contributed by atoms with Crippen LogP contribution >= 0.6 is 0 Å². The molecule has 1 aliphatic heterocycles. The maximum Gasteiger partial charge on any atom is 0.420 e. The van der Waals surface area contributed by atoms with Crippen LogP contribution in [0.2, 0.25) is 0 Å². The number of aryl methyl sites for hydroxylation is 1. The lowest BCUT2D eigenvalue weighted by molar-refractivity contribution is -0.136. The molecule has 0 bridgehead atoms. The second kappa shape index (κ2) is 11.7. The van der Waals surface area contributed by atoms with Crippen molar-refractivity contribution in [3.05, 3.63) is 83.4 Å². The van der Waals surface area contributed by atoms with E-state index in [-0.39, 0.29) is 65.3 Å². The summed E-state index contributed by atoms with van der Waals surface area (Å²) >= 11 is 0. The number of methoxy groups -OCH3 is 1. The molecule has 0 aliphatic carbocycles. The van der Waals surface area contributed by atoms with Gasteiger partial charge in [0.1, 0.15) is 29.4 Å². The highest BCUT2D eigenvalue weighted by Gasteiger charge is 2.37. The Morgan fingerprint density at radius 2 is 1.93 bits per heavy atom. The number of furan rings is 1. The van der Waals surface area contributed by atoms with Gasteiger partial charge in [0.15, 0.2) is 5.78 Å². The molecule has 2 atom stereocenters. The smallest absolute Gasteiger partial charge is 0.420 e. The molecule has 1 fully saturated rings. The second-order valence-electron chi connectivity index (χ2n) is 9.90. The number of ketones is 1. The van der Waals surface area contributed by atoms with Crippen LogP contribution in [0.4, 0.5) is 23.4 Å². The maximum atomic E-state index is 14.0. The Morgan fingerprint density at radius 1 is 1.12 bits per heavy atom. The zero-order valence-electron chi connectivity index (χ0n) is 22.4. The monoisotopic (exact) mass is 582 g/mol. The Hall–Kier alpha value is -4.58. The molecular formula is C30H26F4N4O4. The first-order chi connectivity index (χ1) is 20.0. The summed E-state index contributed by atoms with van der Waals surface area (Å²) in [7, 11) is 1.37. The highest BCUT2D eigenvalue weighted by Crippen LogP contribution is 2.39. The third-order valence-corrected chi connectivity index (χ3v) is 6.96. The number of halogens is 4. The van der Waals surface area contributed by atoms with Crippen LogP contribution in [0.5, 0.6) is 0 Å². The minimum absolute atomic E-state index is 0.0231. The topological polar surface area (TPSA) is 112 Å². The van der Waals surface area contributed by atoms with Crippen LogP contribution in [0.1, 0.15) is 33.7 Å². The normalized spacial score (nSPS) is 17.4. The van der Waals surface area contributed by atoms with Gasteiger partial charge >= 0.3 is 6.18 Å². The van der Waals surface area contributed by atoms with Crippen LogP contribution in [0.25, 0.3) is 28.3 Å². The lowest BCUT2D eigenvalue weighted by Crippen LogP contribution is -2.30. The van der Waals surface area contributed by atoms with Crippen LogP contribution in [-0.2, 0) is 22.1 Å². The van der Waals surface area contributed by atoms with Gasteiger partial charge in [-0.1, -0.05) is 0 Å². The van der Waals surface area contributed by atoms with Crippen molar-refractivity contribution in [2.24, 2.45) is 0 Å². The Bertz CT molecular complexity index is 1630. The third kappa shape index (κ3) is 6.33. The van der Waals surface area contributed by atoms with Gasteiger partial charge in [0.25, 0.3) is 5.91 Å². The number of allylic oxidation sites excluding steroid dienone is 1. The molecule has 42 heavy (non-hydrogen) atoms. The molecule has 1 aromatic carbocycles. The summed E-state index contributed by atoms with van der Waals surface area (Å²) in [4.78, 5) is 34.6. The molecule has 8 nitrogen and oxygen atoms in total. The number of nitrogens with zero attached hydrogens (tertiary/aromatic N) is 3. The number of carbonyl (C=O) groups excluding carboxylic acids is 2. The van der Waals surface area contributed by atoms with Crippen LogP contribution in [-0.4, -0.2) is 59.0 Å². The summed E-state index contributed by atoms with van der Waals surface area (Å²) in [5, 5.41) is 0.198. The number of carbonyl (C=O) groups is 2. The predicted octanol–water partition coefficient (Wildman–Crippen LogP) is 5.51. The van der Waals surface area contributed by atoms with Crippen LogP contribution in [0, 0.1) is 0 Å². The number of anilines is 1. The summed E-state index contributed by atoms with van der Waals surface area (Å²) in [6.07, 6.45) is -0.910. The molecule has 218 valence electrons. The second-order valence-corrected chi connectivity index (χ2v) is 9.90. The maximum absolute atomic E-state index is 14.0. The molecule has 1 amide bonds. The number of ether oxygens (including phenoxy) is 1. The lowest BCUT2D eigenvalue weighted by atomic mass is 10.0. The van der Waals surface area contributed by atoms with Gasteiger partial charge in [-0.05, 0) is 60.2 Å². The molecule has 4 aromatic rings. The van der Waals surface area contributed by atoms with E-state index in [0.717, 1.165) is 6.07 Å². The number of hydrogen-bond donors (Lipinski definition) is 1. The summed E-state index contributed by atoms with van der Waals surface area (Å²) < 4.78 is 66.6. The molecule has 0 spiro atoms. The summed E-state index contributed by atoms with van der Waals surface area (Å²) in [6.45, 7) is -0.0237. The fourth-order valence-corrected chi connectivity index (χ4v) is 4.72. The average Bonchev–Trinajstić information content (AvgIpc) is 3.57. The molecule has 0 saturated carbocycles. The number of likely N-dealkylation sites (tertiary alicyclic amines) is 1. The van der Waals surface area contributed by atoms with E-state index in [1.807, 2.05) is 0 Å². The zero-order chi connectivity index (χ0) is 30.0. The lowest BCUT2D eigenvalue weighted by Gasteiger charge is -2.15. The van der Waals surface area contributed by atoms with Gasteiger partial charge in [0.2, 0.25) is 0 Å². The van der Waals surface area contributed by atoms with Gasteiger partial charge in [-0.15, -0.1) is 0 Å². The molecule has 5 rings (SSSR count). The van der Waals surface area contributed by atoms with Crippen molar-refractivity contribution in [2.75, 3.05) is 25.9 Å². The minimum atomic E-state index is -4.72. The Kier molecular flexibility index (Phi) is 8.08. The molecular weight excluding hydrogens is 556 g/mol. The van der Waals surface area contributed by atoms with E-state index in [1.165, 1.54) is 54.7 Å². The highest BCUT2D eigenvalue weighted by atomic mass is 19.4. The first-order valence-electron chi connectivity index (χ1n) is 13.0. The number of nitrogen functional groups attached to an aromatic ring is 1. The van der Waals surface area contributed by atoms with E-state index in [0.29, 0.717) is 11.4 Å². The molecule has 1 aliphatic rings. The number of rotatable bonds is 8. The largest absolute Gasteiger partial charge is 0.460 e. The Balaban J connectivity index is 1.34. The Morgan fingerprint density at radius 3 is 2.57 bits per heavy atom. The quantitative estimate of drug-likeness (QED) is 0.215. The van der Waals surface area contributed by atoms with Gasteiger partial charge in [-0.2, -0.15) is 13.2 Å². The number of alkyl halides is 4. The first-order valence-corrected chi connectivity index (χ1v) is 13.0. The van der Waals surface area contributed by atoms with Crippen LogP contribution in [0.15, 0.2) is 65.4 Å². The predicted molar refractivity (Wildman–Crippen MR) is 147 cm³/mol. The molecule has 0 radical (unpaired) electrons. The molecule has 1 saturated heterocycles. The molecule has 2 N–H and O–H groups in total. The molecule has 12 heteroatoms. The zero-order valence-corrected chi connectivity index (χ0v) is 22.4. The van der Waals surface area contributed by atoms with Crippen molar-refractivity contribution >= 4 is 34.6 Å². The average molecular weight is 583 g/mol. The fourth-order valence-electron chi connectivity index (χ4n) is 4.72. The summed E-state index contributed by atoms with van der Waals surface area (Å²) in [5.74, 6) is -0.111. The number of fused-ring (bicyclic) bond motifs is 1. The van der Waals surface area contributed by atoms with Crippen molar-refractivity contribution in [3.63, 3.8) is 0 Å². The van der Waals surface area contributed by atoms with E-state index < -0.39 is 29.9 Å². The van der Waals surface area contributed by atoms with Crippen molar-refractivity contribution in [1.82, 2.24) is 14.9 Å².